The molecule has 0 bridgehead atoms. The second kappa shape index (κ2) is 6.90. The van der Waals surface area contributed by atoms with Gasteiger partial charge in [-0.1, -0.05) is 25.7 Å². The van der Waals surface area contributed by atoms with Gasteiger partial charge >= 0.3 is 0 Å². The molecular formula is C14H22N2OS. The third-order valence-corrected chi connectivity index (χ3v) is 4.38. The summed E-state index contributed by atoms with van der Waals surface area (Å²) < 4.78 is 0. The van der Waals surface area contributed by atoms with Crippen LogP contribution in [-0.2, 0) is 11.3 Å². The van der Waals surface area contributed by atoms with Crippen LogP contribution < -0.4 is 10.6 Å². The fourth-order valence-electron chi connectivity index (χ4n) is 2.50. The van der Waals surface area contributed by atoms with Gasteiger partial charge in [0, 0.05) is 24.4 Å². The first-order valence-corrected chi connectivity index (χ1v) is 7.71. The van der Waals surface area contributed by atoms with Crippen molar-refractivity contribution in [2.75, 3.05) is 5.32 Å². The van der Waals surface area contributed by atoms with E-state index in [1.807, 2.05) is 11.4 Å². The fraction of sp³-hybridized carbons (Fsp3) is 0.643. The van der Waals surface area contributed by atoms with Crippen LogP contribution in [0.15, 0.2) is 11.4 Å². The van der Waals surface area contributed by atoms with Crippen LogP contribution in [0.5, 0.6) is 0 Å². The molecule has 1 aromatic heterocycles. The Hall–Kier alpha value is -0.870. The first kappa shape index (κ1) is 13.6. The summed E-state index contributed by atoms with van der Waals surface area (Å²) in [6, 6.07) is 2.63. The minimum Gasteiger partial charge on any atom is -0.325 e. The van der Waals surface area contributed by atoms with E-state index >= 15 is 0 Å². The van der Waals surface area contributed by atoms with Gasteiger partial charge in [0.15, 0.2) is 0 Å². The highest BCUT2D eigenvalue weighted by molar-refractivity contribution is 7.10. The number of hydrogen-bond donors (Lipinski definition) is 2. The Balaban J connectivity index is 1.85. The third kappa shape index (κ3) is 4.10. The van der Waals surface area contributed by atoms with Gasteiger partial charge in [0.05, 0.1) is 5.69 Å². The average Bonchev–Trinajstić information content (AvgIpc) is 2.62. The summed E-state index contributed by atoms with van der Waals surface area (Å²) >= 11 is 1.71. The van der Waals surface area contributed by atoms with Crippen LogP contribution in [0.2, 0.25) is 0 Å². The van der Waals surface area contributed by atoms with Gasteiger partial charge in [0.1, 0.15) is 0 Å². The second-order valence-corrected chi connectivity index (χ2v) is 6.01. The average molecular weight is 266 g/mol. The van der Waals surface area contributed by atoms with Crippen LogP contribution in [0.3, 0.4) is 0 Å². The largest absolute Gasteiger partial charge is 0.325 e. The monoisotopic (exact) mass is 266 g/mol. The van der Waals surface area contributed by atoms with E-state index < -0.39 is 0 Å². The molecule has 3 nitrogen and oxygen atoms in total. The van der Waals surface area contributed by atoms with Gasteiger partial charge in [0.2, 0.25) is 5.91 Å². The number of amides is 1. The van der Waals surface area contributed by atoms with Gasteiger partial charge in [-0.05, 0) is 24.3 Å². The van der Waals surface area contributed by atoms with Crippen LogP contribution in [0.25, 0.3) is 0 Å². The van der Waals surface area contributed by atoms with Crippen LogP contribution in [0.4, 0.5) is 5.69 Å². The number of carbonyl (C=O) groups is 1. The van der Waals surface area contributed by atoms with E-state index in [2.05, 4.69) is 10.6 Å². The highest BCUT2D eigenvalue weighted by Gasteiger charge is 2.13. The summed E-state index contributed by atoms with van der Waals surface area (Å²) in [5.74, 6) is 0.00381. The van der Waals surface area contributed by atoms with Crippen molar-refractivity contribution in [1.29, 1.82) is 0 Å². The number of carbonyl (C=O) groups excluding carboxylic acids is 1. The van der Waals surface area contributed by atoms with Gasteiger partial charge in [0.25, 0.3) is 0 Å². The summed E-state index contributed by atoms with van der Waals surface area (Å²) in [6.07, 6.45) is 8.05. The standard InChI is InChI=1S/C14H22N2OS/c1-11(17)16-13-8-9-18-14(13)10-15-12-6-4-2-3-5-7-12/h8-9,12,15H,2-7,10H2,1H3,(H,16,17). The predicted molar refractivity (Wildman–Crippen MR) is 77.0 cm³/mol. The SMILES string of the molecule is CC(=O)Nc1ccsc1CNC1CCCCCC1. The topological polar surface area (TPSA) is 41.1 Å². The molecule has 2 N–H and O–H groups in total. The molecule has 1 fully saturated rings. The molecule has 100 valence electrons. The Morgan fingerprint density at radius 1 is 1.33 bits per heavy atom. The van der Waals surface area contributed by atoms with Crippen LogP contribution in [0, 0.1) is 0 Å². The molecule has 1 aliphatic rings. The minimum absolute atomic E-state index is 0.00381. The van der Waals surface area contributed by atoms with E-state index in [0.717, 1.165) is 12.2 Å². The van der Waals surface area contributed by atoms with Crippen molar-refractivity contribution < 1.29 is 4.79 Å². The van der Waals surface area contributed by atoms with Crippen molar-refractivity contribution in [3.05, 3.63) is 16.3 Å². The van der Waals surface area contributed by atoms with Gasteiger partial charge in [-0.2, -0.15) is 0 Å². The van der Waals surface area contributed by atoms with E-state index in [1.54, 1.807) is 18.3 Å². The van der Waals surface area contributed by atoms with E-state index in [4.69, 9.17) is 0 Å². The minimum atomic E-state index is 0.00381. The van der Waals surface area contributed by atoms with E-state index in [9.17, 15) is 4.79 Å². The summed E-state index contributed by atoms with van der Waals surface area (Å²) in [6.45, 7) is 2.43. The summed E-state index contributed by atoms with van der Waals surface area (Å²) in [7, 11) is 0. The lowest BCUT2D eigenvalue weighted by atomic mass is 10.1. The molecule has 0 saturated heterocycles. The van der Waals surface area contributed by atoms with Gasteiger partial charge in [-0.3, -0.25) is 4.79 Å². The molecule has 1 aliphatic carbocycles. The van der Waals surface area contributed by atoms with Gasteiger partial charge in [-0.15, -0.1) is 11.3 Å². The number of anilines is 1. The molecule has 1 amide bonds. The maximum Gasteiger partial charge on any atom is 0.221 e. The van der Waals surface area contributed by atoms with Gasteiger partial charge < -0.3 is 10.6 Å². The van der Waals surface area contributed by atoms with E-state index in [1.165, 1.54) is 43.4 Å². The molecule has 0 atom stereocenters. The Kier molecular flexibility index (Phi) is 5.20. The molecule has 1 aromatic rings. The Morgan fingerprint density at radius 3 is 2.72 bits per heavy atom. The summed E-state index contributed by atoms with van der Waals surface area (Å²) in [5, 5.41) is 8.56. The zero-order valence-electron chi connectivity index (χ0n) is 11.0. The zero-order valence-corrected chi connectivity index (χ0v) is 11.8. The normalized spacial score (nSPS) is 17.4. The Labute approximate surface area is 113 Å². The van der Waals surface area contributed by atoms with Crippen molar-refractivity contribution >= 4 is 22.9 Å². The van der Waals surface area contributed by atoms with Crippen molar-refractivity contribution in [2.24, 2.45) is 0 Å². The van der Waals surface area contributed by atoms with Crippen LogP contribution >= 0.6 is 11.3 Å². The quantitative estimate of drug-likeness (QED) is 0.819. The Morgan fingerprint density at radius 2 is 2.06 bits per heavy atom. The maximum atomic E-state index is 11.1. The number of hydrogen-bond acceptors (Lipinski definition) is 3. The van der Waals surface area contributed by atoms with Crippen LogP contribution in [-0.4, -0.2) is 11.9 Å². The number of thiophene rings is 1. The summed E-state index contributed by atoms with van der Waals surface area (Å²) in [5.41, 5.74) is 0.966. The molecule has 0 radical (unpaired) electrons. The predicted octanol–water partition coefficient (Wildman–Crippen LogP) is 3.52. The van der Waals surface area contributed by atoms with E-state index in [-0.39, 0.29) is 5.91 Å². The number of rotatable bonds is 4. The maximum absolute atomic E-state index is 11.1. The smallest absolute Gasteiger partial charge is 0.221 e. The molecule has 4 heteroatoms. The fourth-order valence-corrected chi connectivity index (χ4v) is 3.28. The lowest BCUT2D eigenvalue weighted by Crippen LogP contribution is -2.27. The van der Waals surface area contributed by atoms with Crippen LogP contribution in [0.1, 0.15) is 50.3 Å². The van der Waals surface area contributed by atoms with Crippen molar-refractivity contribution in [1.82, 2.24) is 5.32 Å². The highest BCUT2D eigenvalue weighted by atomic mass is 32.1. The molecule has 0 unspecified atom stereocenters. The molecule has 1 saturated carbocycles. The molecule has 1 heterocycles. The molecule has 2 rings (SSSR count). The first-order chi connectivity index (χ1) is 8.75. The zero-order chi connectivity index (χ0) is 12.8. The third-order valence-electron chi connectivity index (χ3n) is 3.46. The lowest BCUT2D eigenvalue weighted by Gasteiger charge is -2.16. The van der Waals surface area contributed by atoms with Gasteiger partial charge in [-0.25, -0.2) is 0 Å². The molecule has 0 aromatic carbocycles. The number of nitrogens with one attached hydrogen (secondary N) is 2. The summed E-state index contributed by atoms with van der Waals surface area (Å²) in [4.78, 5) is 12.3. The second-order valence-electron chi connectivity index (χ2n) is 5.01. The molecular weight excluding hydrogens is 244 g/mol. The Bertz CT molecular complexity index is 381. The van der Waals surface area contributed by atoms with Crippen molar-refractivity contribution in [3.8, 4) is 0 Å². The molecule has 18 heavy (non-hydrogen) atoms. The van der Waals surface area contributed by atoms with E-state index in [0.29, 0.717) is 6.04 Å². The molecule has 0 spiro atoms. The van der Waals surface area contributed by atoms with Crippen molar-refractivity contribution in [3.63, 3.8) is 0 Å². The van der Waals surface area contributed by atoms with Crippen molar-refractivity contribution in [2.45, 2.75) is 58.0 Å². The highest BCUT2D eigenvalue weighted by Crippen LogP contribution is 2.23. The lowest BCUT2D eigenvalue weighted by molar-refractivity contribution is -0.114. The molecule has 0 aliphatic heterocycles. The first-order valence-electron chi connectivity index (χ1n) is 6.83.